The second-order valence-corrected chi connectivity index (χ2v) is 14.8. The second kappa shape index (κ2) is 8.95. The minimum absolute atomic E-state index is 0.0483. The van der Waals surface area contributed by atoms with E-state index >= 15 is 0 Å². The summed E-state index contributed by atoms with van der Waals surface area (Å²) in [7, 11) is 0. The molecule has 5 heteroatoms. The van der Waals surface area contributed by atoms with Crippen LogP contribution in [0.4, 0.5) is 16.2 Å². The summed E-state index contributed by atoms with van der Waals surface area (Å²) in [5.74, 6) is 0.650. The average molecular weight is 609 g/mol. The number of carbonyl (C=O) groups excluding carboxylic acids is 1. The Labute approximate surface area is 274 Å². The lowest BCUT2D eigenvalue weighted by molar-refractivity contribution is 0.210. The fourth-order valence-electron chi connectivity index (χ4n) is 9.76. The highest BCUT2D eigenvalue weighted by Gasteiger charge is 2.52. The maximum absolute atomic E-state index is 14.6. The van der Waals surface area contributed by atoms with Crippen molar-refractivity contribution in [2.45, 2.75) is 44.9 Å². The summed E-state index contributed by atoms with van der Waals surface area (Å²) in [6, 6.07) is 40.7. The van der Waals surface area contributed by atoms with Crippen molar-refractivity contribution >= 4 is 73.1 Å². The number of fused-ring (bicyclic) bond motifs is 9. The fraction of sp³-hybridized carbons (Fsp3) is 0.167. The van der Waals surface area contributed by atoms with Crippen LogP contribution in [0.15, 0.2) is 115 Å². The first-order valence-corrected chi connectivity index (χ1v) is 16.6. The lowest BCUT2D eigenvalue weighted by atomic mass is 9.33. The number of amides is 1. The molecule has 1 aromatic heterocycles. The number of rotatable bonds is 2. The molecule has 1 aliphatic carbocycles. The van der Waals surface area contributed by atoms with Gasteiger partial charge < -0.3 is 9.30 Å². The van der Waals surface area contributed by atoms with Gasteiger partial charge in [0, 0.05) is 21.8 Å². The number of nitrogens with zero attached hydrogens (tertiary/aromatic N) is 2. The van der Waals surface area contributed by atoms with E-state index in [-0.39, 0.29) is 23.6 Å². The van der Waals surface area contributed by atoms with Gasteiger partial charge in [-0.1, -0.05) is 118 Å². The number of para-hydroxylation sites is 2. The molecule has 0 saturated carbocycles. The number of hydrogen-bond acceptors (Lipinski definition) is 2. The third-order valence-electron chi connectivity index (χ3n) is 11.0. The summed E-state index contributed by atoms with van der Waals surface area (Å²) in [5.41, 5.74) is 11.4. The lowest BCUT2D eigenvalue weighted by Crippen LogP contribution is -2.61. The second-order valence-electron chi connectivity index (χ2n) is 14.8. The van der Waals surface area contributed by atoms with Crippen molar-refractivity contribution in [3.05, 3.63) is 126 Å². The molecule has 0 N–H and O–H groups in total. The summed E-state index contributed by atoms with van der Waals surface area (Å²) < 4.78 is 8.63. The van der Waals surface area contributed by atoms with Crippen molar-refractivity contribution in [3.8, 4) is 11.4 Å². The van der Waals surface area contributed by atoms with Gasteiger partial charge in [-0.3, -0.25) is 0 Å². The molecule has 3 aliphatic rings. The van der Waals surface area contributed by atoms with E-state index in [2.05, 4.69) is 129 Å². The molecule has 0 radical (unpaired) electrons. The van der Waals surface area contributed by atoms with Gasteiger partial charge in [-0.2, -0.15) is 0 Å². The summed E-state index contributed by atoms with van der Waals surface area (Å²) >= 11 is 0. The normalized spacial score (nSPS) is 16.9. The van der Waals surface area contributed by atoms with Crippen molar-refractivity contribution in [3.63, 3.8) is 0 Å². The van der Waals surface area contributed by atoms with Gasteiger partial charge in [0.1, 0.15) is 5.75 Å². The number of anilines is 2. The first kappa shape index (κ1) is 26.9. The number of hydrogen-bond donors (Lipinski definition) is 0. The van der Waals surface area contributed by atoms with Gasteiger partial charge in [-0.15, -0.1) is 0 Å². The van der Waals surface area contributed by atoms with Crippen molar-refractivity contribution in [1.82, 2.24) is 4.57 Å². The summed E-state index contributed by atoms with van der Waals surface area (Å²) in [5, 5.41) is 4.42. The number of carbonyl (C=O) groups is 1. The zero-order valence-electron chi connectivity index (χ0n) is 27.0. The minimum Gasteiger partial charge on any atom is -0.409 e. The molecule has 0 unspecified atom stereocenters. The van der Waals surface area contributed by atoms with Crippen LogP contribution in [0.25, 0.3) is 38.3 Å². The number of benzene rings is 6. The van der Waals surface area contributed by atoms with Gasteiger partial charge >= 0.3 is 6.09 Å². The van der Waals surface area contributed by atoms with Crippen LogP contribution in [-0.2, 0) is 10.8 Å². The molecule has 6 aromatic carbocycles. The van der Waals surface area contributed by atoms with Crippen LogP contribution >= 0.6 is 0 Å². The molecule has 7 aromatic rings. The summed E-state index contributed by atoms with van der Waals surface area (Å²) in [6.07, 6.45) is 0.677. The quantitative estimate of drug-likeness (QED) is 0.185. The zero-order chi connectivity index (χ0) is 31.8. The van der Waals surface area contributed by atoms with Crippen LogP contribution in [0, 0.1) is 0 Å². The van der Waals surface area contributed by atoms with E-state index in [1.54, 1.807) is 0 Å². The molecule has 0 saturated heterocycles. The summed E-state index contributed by atoms with van der Waals surface area (Å²) in [4.78, 5) is 16.5. The van der Waals surface area contributed by atoms with Crippen LogP contribution in [0.3, 0.4) is 0 Å². The highest BCUT2D eigenvalue weighted by molar-refractivity contribution is 6.99. The monoisotopic (exact) mass is 608 g/mol. The molecule has 3 heterocycles. The topological polar surface area (TPSA) is 34.5 Å². The highest BCUT2D eigenvalue weighted by atomic mass is 16.6. The third-order valence-corrected chi connectivity index (χ3v) is 11.0. The molecule has 226 valence electrons. The van der Waals surface area contributed by atoms with Gasteiger partial charge in [-0.05, 0) is 75.0 Å². The van der Waals surface area contributed by atoms with Crippen LogP contribution in [0.1, 0.15) is 45.2 Å². The smallest absolute Gasteiger partial charge is 0.409 e. The third kappa shape index (κ3) is 3.36. The van der Waals surface area contributed by atoms with E-state index in [0.29, 0.717) is 5.75 Å². The van der Waals surface area contributed by atoms with Crippen LogP contribution in [0.2, 0.25) is 0 Å². The Balaban J connectivity index is 1.44. The molecular formula is C42H33BN2O2. The van der Waals surface area contributed by atoms with E-state index in [9.17, 15) is 4.79 Å². The van der Waals surface area contributed by atoms with Gasteiger partial charge in [0.2, 0.25) is 6.71 Å². The molecule has 0 fully saturated rings. The largest absolute Gasteiger partial charge is 0.424 e. The molecule has 47 heavy (non-hydrogen) atoms. The maximum Gasteiger partial charge on any atom is 0.424 e. The van der Waals surface area contributed by atoms with E-state index < -0.39 is 0 Å². The number of aromatic nitrogens is 1. The summed E-state index contributed by atoms with van der Waals surface area (Å²) in [6.45, 7) is 9.47. The molecule has 2 aliphatic heterocycles. The van der Waals surface area contributed by atoms with Crippen molar-refractivity contribution < 1.29 is 9.53 Å². The Kier molecular flexibility index (Phi) is 5.12. The number of ether oxygens (including phenoxy) is 1. The predicted molar refractivity (Wildman–Crippen MR) is 195 cm³/mol. The average Bonchev–Trinajstić information content (AvgIpc) is 3.51. The van der Waals surface area contributed by atoms with Crippen molar-refractivity contribution in [1.29, 1.82) is 0 Å². The molecule has 10 rings (SSSR count). The van der Waals surface area contributed by atoms with E-state index in [1.807, 2.05) is 23.1 Å². The Morgan fingerprint density at radius 3 is 2.11 bits per heavy atom. The Hall–Kier alpha value is -5.29. The Morgan fingerprint density at radius 2 is 1.32 bits per heavy atom. The molecule has 0 bridgehead atoms. The maximum atomic E-state index is 14.6. The van der Waals surface area contributed by atoms with Gasteiger partial charge in [-0.25, -0.2) is 9.69 Å². The Bertz CT molecular complexity index is 2490. The minimum atomic E-state index is -0.349. The van der Waals surface area contributed by atoms with Crippen molar-refractivity contribution in [2.75, 3.05) is 4.90 Å². The van der Waals surface area contributed by atoms with Crippen LogP contribution < -0.4 is 26.0 Å². The molecular weight excluding hydrogens is 575 g/mol. The Morgan fingerprint density at radius 1 is 0.638 bits per heavy atom. The SMILES string of the molecule is CC1(C)CC(C)(C)c2c1c1c3c4c(cccc24)OC(=O)N3c2c(ccc3c2c2ccccc2n3-c2ccccc2)B1c1ccccc1. The molecule has 1 amide bonds. The van der Waals surface area contributed by atoms with E-state index in [1.165, 1.54) is 27.4 Å². The predicted octanol–water partition coefficient (Wildman–Crippen LogP) is 8.38. The van der Waals surface area contributed by atoms with Gasteiger partial charge in [0.05, 0.1) is 22.4 Å². The van der Waals surface area contributed by atoms with E-state index in [0.717, 1.165) is 56.1 Å². The highest BCUT2D eigenvalue weighted by Crippen LogP contribution is 2.56. The van der Waals surface area contributed by atoms with Crippen LogP contribution in [0.5, 0.6) is 5.75 Å². The lowest BCUT2D eigenvalue weighted by Gasteiger charge is -2.41. The standard InChI is InChI=1S/C42H33BN2O2/c1-41(2)24-42(3,4)36-35(41)28-19-13-21-32-34(28)39-37(36)43(25-14-7-5-8-15-25)29-22-23-31-33(38(29)45(39)40(46)47-32)27-18-11-12-20-30(27)44(31)26-16-9-6-10-17-26/h5-23H,24H2,1-4H3. The zero-order valence-corrected chi connectivity index (χ0v) is 27.0. The molecule has 4 nitrogen and oxygen atoms in total. The first-order valence-electron chi connectivity index (χ1n) is 16.6. The van der Waals surface area contributed by atoms with Gasteiger partial charge in [0.15, 0.2) is 0 Å². The fourth-order valence-corrected chi connectivity index (χ4v) is 9.76. The van der Waals surface area contributed by atoms with Crippen LogP contribution in [-0.4, -0.2) is 17.4 Å². The van der Waals surface area contributed by atoms with Crippen molar-refractivity contribution in [2.24, 2.45) is 0 Å². The molecule has 0 atom stereocenters. The van der Waals surface area contributed by atoms with E-state index in [4.69, 9.17) is 4.74 Å². The van der Waals surface area contributed by atoms with Gasteiger partial charge in [0.25, 0.3) is 0 Å². The molecule has 0 spiro atoms. The first-order chi connectivity index (χ1) is 22.8.